The molecule has 0 saturated carbocycles. The Hall–Kier alpha value is -1.75. The van der Waals surface area contributed by atoms with Crippen LogP contribution in [0, 0.1) is 6.92 Å². The van der Waals surface area contributed by atoms with Crippen molar-refractivity contribution < 1.29 is 13.9 Å². The number of hydrogen-bond donors (Lipinski definition) is 1. The molecule has 0 fully saturated rings. The van der Waals surface area contributed by atoms with E-state index in [1.807, 2.05) is 32.0 Å². The van der Waals surface area contributed by atoms with Crippen LogP contribution in [-0.2, 0) is 4.74 Å². The van der Waals surface area contributed by atoms with Crippen LogP contribution in [0.15, 0.2) is 39.2 Å². The number of nitrogens with one attached hydrogen (secondary N) is 1. The second-order valence-electron chi connectivity index (χ2n) is 4.52. The molecule has 1 unspecified atom stereocenters. The van der Waals surface area contributed by atoms with Gasteiger partial charge in [0.2, 0.25) is 5.76 Å². The Kier molecular flexibility index (Phi) is 4.49. The molecule has 0 saturated heterocycles. The van der Waals surface area contributed by atoms with Crippen molar-refractivity contribution in [2.45, 2.75) is 19.9 Å². The Labute approximate surface area is 126 Å². The van der Waals surface area contributed by atoms with Gasteiger partial charge in [-0.3, -0.25) is 0 Å². The molecule has 2 rings (SSSR count). The molecule has 0 amide bonds. The number of esters is 1. The van der Waals surface area contributed by atoms with E-state index in [1.54, 1.807) is 12.1 Å². The maximum atomic E-state index is 11.3. The zero-order valence-corrected chi connectivity index (χ0v) is 13.2. The minimum atomic E-state index is -0.470. The molecule has 1 atom stereocenters. The molecule has 1 heterocycles. The molecule has 0 bridgehead atoms. The molecule has 0 spiro atoms. The van der Waals surface area contributed by atoms with E-state index in [0.29, 0.717) is 5.76 Å². The number of halogens is 1. The second-order valence-corrected chi connectivity index (χ2v) is 5.38. The quantitative estimate of drug-likeness (QED) is 0.844. The van der Waals surface area contributed by atoms with Gasteiger partial charge in [-0.1, -0.05) is 15.9 Å². The minimum absolute atomic E-state index is 0.0472. The molecule has 0 aliphatic carbocycles. The van der Waals surface area contributed by atoms with Crippen molar-refractivity contribution in [1.82, 2.24) is 0 Å². The number of anilines is 1. The zero-order chi connectivity index (χ0) is 14.7. The molecule has 2 aromatic rings. The van der Waals surface area contributed by atoms with E-state index >= 15 is 0 Å². The van der Waals surface area contributed by atoms with Crippen LogP contribution in [0.4, 0.5) is 5.69 Å². The summed E-state index contributed by atoms with van der Waals surface area (Å²) in [5, 5.41) is 3.33. The van der Waals surface area contributed by atoms with Crippen molar-refractivity contribution >= 4 is 27.6 Å². The van der Waals surface area contributed by atoms with Crippen LogP contribution in [0.1, 0.15) is 34.8 Å². The van der Waals surface area contributed by atoms with Crippen molar-refractivity contribution in [2.24, 2.45) is 0 Å². The number of rotatable bonds is 4. The summed E-state index contributed by atoms with van der Waals surface area (Å²) in [6.07, 6.45) is 0. The van der Waals surface area contributed by atoms with E-state index in [9.17, 15) is 4.79 Å². The molecule has 5 heteroatoms. The molecule has 1 aromatic heterocycles. The summed E-state index contributed by atoms with van der Waals surface area (Å²) >= 11 is 3.47. The summed E-state index contributed by atoms with van der Waals surface area (Å²) in [5.41, 5.74) is 2.14. The fourth-order valence-corrected chi connectivity index (χ4v) is 2.10. The highest BCUT2D eigenvalue weighted by Crippen LogP contribution is 2.25. The Bertz CT molecular complexity index is 621. The maximum Gasteiger partial charge on any atom is 0.373 e. The van der Waals surface area contributed by atoms with E-state index in [2.05, 4.69) is 26.0 Å². The third-order valence-electron chi connectivity index (χ3n) is 2.98. The first kappa shape index (κ1) is 14.7. The third kappa shape index (κ3) is 3.22. The highest BCUT2D eigenvalue weighted by Gasteiger charge is 2.15. The van der Waals surface area contributed by atoms with Crippen LogP contribution in [0.3, 0.4) is 0 Å². The summed E-state index contributed by atoms with van der Waals surface area (Å²) in [6.45, 7) is 4.00. The molecule has 0 aliphatic rings. The van der Waals surface area contributed by atoms with Crippen molar-refractivity contribution in [2.75, 3.05) is 12.4 Å². The van der Waals surface area contributed by atoms with Crippen molar-refractivity contribution in [1.29, 1.82) is 0 Å². The van der Waals surface area contributed by atoms with E-state index in [0.717, 1.165) is 15.7 Å². The lowest BCUT2D eigenvalue weighted by molar-refractivity contribution is 0.0562. The van der Waals surface area contributed by atoms with Gasteiger partial charge in [-0.15, -0.1) is 0 Å². The number of hydrogen-bond acceptors (Lipinski definition) is 4. The first-order chi connectivity index (χ1) is 9.51. The van der Waals surface area contributed by atoms with Gasteiger partial charge >= 0.3 is 5.97 Å². The van der Waals surface area contributed by atoms with Crippen LogP contribution in [0.2, 0.25) is 0 Å². The average molecular weight is 338 g/mol. The lowest BCUT2D eigenvalue weighted by atomic mass is 10.2. The largest absolute Gasteiger partial charge is 0.463 e. The van der Waals surface area contributed by atoms with Gasteiger partial charge in [0.15, 0.2) is 0 Å². The summed E-state index contributed by atoms with van der Waals surface area (Å²) < 4.78 is 11.2. The Morgan fingerprint density at radius 3 is 2.75 bits per heavy atom. The van der Waals surface area contributed by atoms with Gasteiger partial charge in [0.25, 0.3) is 0 Å². The molecule has 1 N–H and O–H groups in total. The van der Waals surface area contributed by atoms with E-state index in [4.69, 9.17) is 4.42 Å². The van der Waals surface area contributed by atoms with E-state index < -0.39 is 5.97 Å². The van der Waals surface area contributed by atoms with Crippen LogP contribution < -0.4 is 5.32 Å². The maximum absolute atomic E-state index is 11.3. The predicted octanol–water partition coefficient (Wildman–Crippen LogP) is 4.31. The number of carbonyl (C=O) groups excluding carboxylic acids is 1. The van der Waals surface area contributed by atoms with Gasteiger partial charge < -0.3 is 14.5 Å². The molecule has 20 heavy (non-hydrogen) atoms. The number of methoxy groups -OCH3 is 1. The topological polar surface area (TPSA) is 51.5 Å². The molecule has 0 radical (unpaired) electrons. The van der Waals surface area contributed by atoms with Crippen LogP contribution >= 0.6 is 15.9 Å². The molecule has 106 valence electrons. The number of furan rings is 1. The summed E-state index contributed by atoms with van der Waals surface area (Å²) in [5.74, 6) is 0.428. The predicted molar refractivity (Wildman–Crippen MR) is 81.0 cm³/mol. The summed E-state index contributed by atoms with van der Waals surface area (Å²) in [4.78, 5) is 11.3. The first-order valence-corrected chi connectivity index (χ1v) is 7.01. The highest BCUT2D eigenvalue weighted by molar-refractivity contribution is 9.10. The van der Waals surface area contributed by atoms with Crippen molar-refractivity contribution in [3.8, 4) is 0 Å². The standard InChI is InChI=1S/C15H16BrNO3/c1-9-8-11(4-5-12(9)16)17-10(2)13-6-7-14(20-13)15(18)19-3/h4-8,10,17H,1-3H3. The lowest BCUT2D eigenvalue weighted by Gasteiger charge is -2.13. The van der Waals surface area contributed by atoms with Crippen LogP contribution in [0.5, 0.6) is 0 Å². The molecule has 4 nitrogen and oxygen atoms in total. The Morgan fingerprint density at radius 2 is 2.10 bits per heavy atom. The monoisotopic (exact) mass is 337 g/mol. The fourth-order valence-electron chi connectivity index (χ4n) is 1.85. The molecular formula is C15H16BrNO3. The number of aryl methyl sites for hydroxylation is 1. The van der Waals surface area contributed by atoms with Gasteiger partial charge in [0, 0.05) is 10.2 Å². The second kappa shape index (κ2) is 6.13. The third-order valence-corrected chi connectivity index (χ3v) is 3.87. The zero-order valence-electron chi connectivity index (χ0n) is 11.6. The van der Waals surface area contributed by atoms with Crippen LogP contribution in [0.25, 0.3) is 0 Å². The van der Waals surface area contributed by atoms with Crippen molar-refractivity contribution in [3.63, 3.8) is 0 Å². The minimum Gasteiger partial charge on any atom is -0.463 e. The molecule has 0 aliphatic heterocycles. The summed E-state index contributed by atoms with van der Waals surface area (Å²) in [6, 6.07) is 9.37. The fraction of sp³-hybridized carbons (Fsp3) is 0.267. The van der Waals surface area contributed by atoms with Gasteiger partial charge in [-0.2, -0.15) is 0 Å². The molecular weight excluding hydrogens is 322 g/mol. The van der Waals surface area contributed by atoms with E-state index in [1.165, 1.54) is 7.11 Å². The lowest BCUT2D eigenvalue weighted by Crippen LogP contribution is -2.06. The van der Waals surface area contributed by atoms with Crippen molar-refractivity contribution in [3.05, 3.63) is 51.9 Å². The van der Waals surface area contributed by atoms with Gasteiger partial charge in [0.1, 0.15) is 5.76 Å². The smallest absolute Gasteiger partial charge is 0.373 e. The van der Waals surface area contributed by atoms with Crippen LogP contribution in [-0.4, -0.2) is 13.1 Å². The first-order valence-electron chi connectivity index (χ1n) is 6.22. The summed E-state index contributed by atoms with van der Waals surface area (Å²) in [7, 11) is 1.33. The Morgan fingerprint density at radius 1 is 1.35 bits per heavy atom. The number of ether oxygens (including phenoxy) is 1. The van der Waals surface area contributed by atoms with Gasteiger partial charge in [0.05, 0.1) is 13.2 Å². The molecule has 1 aromatic carbocycles. The Balaban J connectivity index is 2.11. The van der Waals surface area contributed by atoms with Gasteiger partial charge in [-0.25, -0.2) is 4.79 Å². The highest BCUT2D eigenvalue weighted by atomic mass is 79.9. The average Bonchev–Trinajstić information content (AvgIpc) is 2.92. The van der Waals surface area contributed by atoms with E-state index in [-0.39, 0.29) is 11.8 Å². The normalized spacial score (nSPS) is 12.0. The number of carbonyl (C=O) groups is 1. The SMILES string of the molecule is COC(=O)c1ccc(C(C)Nc2ccc(Br)c(C)c2)o1. The van der Waals surface area contributed by atoms with Gasteiger partial charge in [-0.05, 0) is 49.7 Å². The number of benzene rings is 1.